The first-order chi connectivity index (χ1) is 12.2. The molecule has 0 atom stereocenters. The van der Waals surface area contributed by atoms with Gasteiger partial charge in [0.15, 0.2) is 0 Å². The molecule has 3 nitrogen and oxygen atoms in total. The Labute approximate surface area is 154 Å². The Bertz CT molecular complexity index is 1050. The van der Waals surface area contributed by atoms with E-state index in [9.17, 15) is 5.11 Å². The van der Waals surface area contributed by atoms with E-state index in [1.807, 2.05) is 18.2 Å². The number of hydrogen-bond donors (Lipinski definition) is 1. The number of rotatable bonds is 4. The predicted molar refractivity (Wildman–Crippen MR) is 105 cm³/mol. The molecule has 0 aliphatic heterocycles. The summed E-state index contributed by atoms with van der Waals surface area (Å²) in [6.45, 7) is 0.797. The largest absolute Gasteiger partial charge is 0.495 e. The minimum absolute atomic E-state index is 0.0410. The van der Waals surface area contributed by atoms with E-state index in [0.717, 1.165) is 44.1 Å². The summed E-state index contributed by atoms with van der Waals surface area (Å²) in [5.74, 6) is 0.858. The summed E-state index contributed by atoms with van der Waals surface area (Å²) in [4.78, 5) is 0. The first kappa shape index (κ1) is 16.2. The van der Waals surface area contributed by atoms with E-state index in [2.05, 4.69) is 63.0 Å². The number of ether oxygens (including phenoxy) is 1. The van der Waals surface area contributed by atoms with Crippen molar-refractivity contribution in [2.75, 3.05) is 7.11 Å². The van der Waals surface area contributed by atoms with Gasteiger partial charge in [0.1, 0.15) is 5.75 Å². The molecule has 0 saturated carbocycles. The van der Waals surface area contributed by atoms with Crippen molar-refractivity contribution >= 4 is 37.7 Å². The molecule has 126 valence electrons. The van der Waals surface area contributed by atoms with Gasteiger partial charge in [-0.15, -0.1) is 0 Å². The van der Waals surface area contributed by atoms with Crippen molar-refractivity contribution in [2.45, 2.75) is 13.2 Å². The first-order valence-corrected chi connectivity index (χ1v) is 8.93. The summed E-state index contributed by atoms with van der Waals surface area (Å²) in [6, 6.07) is 20.6. The lowest BCUT2D eigenvalue weighted by atomic mass is 10.1. The van der Waals surface area contributed by atoms with Crippen LogP contribution in [0.3, 0.4) is 0 Å². The molecule has 0 saturated heterocycles. The lowest BCUT2D eigenvalue weighted by Crippen LogP contribution is -2.00. The van der Waals surface area contributed by atoms with Crippen LogP contribution in [-0.4, -0.2) is 16.8 Å². The molecule has 4 aromatic rings. The quantitative estimate of drug-likeness (QED) is 0.521. The maximum absolute atomic E-state index is 9.50. The monoisotopic (exact) mass is 395 g/mol. The van der Waals surface area contributed by atoms with Gasteiger partial charge in [0.05, 0.1) is 19.2 Å². The minimum atomic E-state index is 0.0410. The SMILES string of the molecule is COc1cccc2c3cc(CO)ccc3n(Cc3ccc(Br)cc3)c12. The number of para-hydroxylation sites is 1. The smallest absolute Gasteiger partial charge is 0.143 e. The van der Waals surface area contributed by atoms with Gasteiger partial charge in [-0.25, -0.2) is 0 Å². The second kappa shape index (κ2) is 6.54. The molecule has 0 aliphatic carbocycles. The highest BCUT2D eigenvalue weighted by Gasteiger charge is 2.15. The van der Waals surface area contributed by atoms with E-state index in [4.69, 9.17) is 4.74 Å². The second-order valence-electron chi connectivity index (χ2n) is 6.08. The fourth-order valence-corrected chi connectivity index (χ4v) is 3.64. The van der Waals surface area contributed by atoms with Gasteiger partial charge in [-0.05, 0) is 41.5 Å². The van der Waals surface area contributed by atoms with Crippen LogP contribution >= 0.6 is 15.9 Å². The van der Waals surface area contributed by atoms with Crippen molar-refractivity contribution < 1.29 is 9.84 Å². The van der Waals surface area contributed by atoms with Crippen LogP contribution < -0.4 is 4.74 Å². The molecule has 0 aliphatic rings. The van der Waals surface area contributed by atoms with Crippen LogP contribution in [0.25, 0.3) is 21.8 Å². The average molecular weight is 396 g/mol. The molecule has 4 rings (SSSR count). The van der Waals surface area contributed by atoms with E-state index in [1.54, 1.807) is 7.11 Å². The number of nitrogens with zero attached hydrogens (tertiary/aromatic N) is 1. The number of aliphatic hydroxyl groups excluding tert-OH is 1. The lowest BCUT2D eigenvalue weighted by Gasteiger charge is -2.11. The topological polar surface area (TPSA) is 34.4 Å². The van der Waals surface area contributed by atoms with E-state index in [-0.39, 0.29) is 6.61 Å². The highest BCUT2D eigenvalue weighted by atomic mass is 79.9. The number of aromatic nitrogens is 1. The van der Waals surface area contributed by atoms with E-state index in [1.165, 1.54) is 5.56 Å². The van der Waals surface area contributed by atoms with Crippen LogP contribution in [0.15, 0.2) is 65.1 Å². The third kappa shape index (κ3) is 2.81. The van der Waals surface area contributed by atoms with E-state index < -0.39 is 0 Å². The number of methoxy groups -OCH3 is 1. The summed E-state index contributed by atoms with van der Waals surface area (Å²) in [5.41, 5.74) is 4.36. The Morgan fingerprint density at radius 2 is 1.72 bits per heavy atom. The molecule has 3 aromatic carbocycles. The number of aliphatic hydroxyl groups is 1. The van der Waals surface area contributed by atoms with Crippen LogP contribution in [0.1, 0.15) is 11.1 Å². The van der Waals surface area contributed by atoms with Gasteiger partial charge in [0, 0.05) is 27.3 Å². The standard InChI is InChI=1S/C21H18BrNO2/c1-25-20-4-2-3-17-18-11-15(13-24)7-10-19(18)23(21(17)20)12-14-5-8-16(22)9-6-14/h2-11,24H,12-13H2,1H3. The fraction of sp³-hybridized carbons (Fsp3) is 0.143. The first-order valence-electron chi connectivity index (χ1n) is 8.14. The van der Waals surface area contributed by atoms with Gasteiger partial charge >= 0.3 is 0 Å². The zero-order valence-corrected chi connectivity index (χ0v) is 15.5. The number of halogens is 1. The summed E-state index contributed by atoms with van der Waals surface area (Å²) >= 11 is 3.49. The molecule has 0 radical (unpaired) electrons. The normalized spacial score (nSPS) is 11.3. The van der Waals surface area contributed by atoms with Crippen molar-refractivity contribution in [3.8, 4) is 5.75 Å². The zero-order valence-electron chi connectivity index (χ0n) is 13.9. The van der Waals surface area contributed by atoms with Gasteiger partial charge in [0.25, 0.3) is 0 Å². The number of fused-ring (bicyclic) bond motifs is 3. The maximum Gasteiger partial charge on any atom is 0.143 e. The highest BCUT2D eigenvalue weighted by Crippen LogP contribution is 2.36. The van der Waals surface area contributed by atoms with Gasteiger partial charge in [0.2, 0.25) is 0 Å². The van der Waals surface area contributed by atoms with E-state index in [0.29, 0.717) is 0 Å². The summed E-state index contributed by atoms with van der Waals surface area (Å²) in [5, 5.41) is 11.8. The second-order valence-corrected chi connectivity index (χ2v) is 6.99. The number of hydrogen-bond acceptors (Lipinski definition) is 2. The summed E-state index contributed by atoms with van der Waals surface area (Å²) in [7, 11) is 1.70. The van der Waals surface area contributed by atoms with Crippen LogP contribution in [0.2, 0.25) is 0 Å². The van der Waals surface area contributed by atoms with Crippen LogP contribution in [-0.2, 0) is 13.2 Å². The third-order valence-corrected chi connectivity index (χ3v) is 5.10. The van der Waals surface area contributed by atoms with Gasteiger partial charge in [-0.3, -0.25) is 0 Å². The maximum atomic E-state index is 9.50. The fourth-order valence-electron chi connectivity index (χ4n) is 3.37. The molecule has 0 unspecified atom stereocenters. The molecule has 4 heteroatoms. The third-order valence-electron chi connectivity index (χ3n) is 4.57. The van der Waals surface area contributed by atoms with Crippen molar-refractivity contribution in [2.24, 2.45) is 0 Å². The molecule has 1 N–H and O–H groups in total. The highest BCUT2D eigenvalue weighted by molar-refractivity contribution is 9.10. The van der Waals surface area contributed by atoms with Crippen molar-refractivity contribution in [3.63, 3.8) is 0 Å². The minimum Gasteiger partial charge on any atom is -0.495 e. The predicted octanol–water partition coefficient (Wildman–Crippen LogP) is 5.11. The average Bonchev–Trinajstić information content (AvgIpc) is 2.97. The van der Waals surface area contributed by atoms with Crippen LogP contribution in [0.4, 0.5) is 0 Å². The Balaban J connectivity index is 2.00. The Kier molecular flexibility index (Phi) is 4.24. The lowest BCUT2D eigenvalue weighted by molar-refractivity contribution is 0.282. The molecule has 0 amide bonds. The van der Waals surface area contributed by atoms with Crippen LogP contribution in [0, 0.1) is 0 Å². The van der Waals surface area contributed by atoms with Gasteiger partial charge in [-0.1, -0.05) is 46.3 Å². The molecular weight excluding hydrogens is 378 g/mol. The Morgan fingerprint density at radius 1 is 0.960 bits per heavy atom. The molecular formula is C21H18BrNO2. The molecule has 25 heavy (non-hydrogen) atoms. The van der Waals surface area contributed by atoms with Crippen molar-refractivity contribution in [1.82, 2.24) is 4.57 Å². The zero-order chi connectivity index (χ0) is 17.4. The van der Waals surface area contributed by atoms with Gasteiger partial charge in [-0.2, -0.15) is 0 Å². The molecule has 0 spiro atoms. The molecule has 0 fully saturated rings. The Hall–Kier alpha value is -2.30. The van der Waals surface area contributed by atoms with Crippen molar-refractivity contribution in [1.29, 1.82) is 0 Å². The molecule has 0 bridgehead atoms. The summed E-state index contributed by atoms with van der Waals surface area (Å²) < 4.78 is 8.99. The molecule has 1 heterocycles. The van der Waals surface area contributed by atoms with Crippen LogP contribution in [0.5, 0.6) is 5.75 Å². The van der Waals surface area contributed by atoms with Gasteiger partial charge < -0.3 is 14.4 Å². The van der Waals surface area contributed by atoms with E-state index >= 15 is 0 Å². The van der Waals surface area contributed by atoms with Crippen molar-refractivity contribution in [3.05, 3.63) is 76.3 Å². The number of benzene rings is 3. The summed E-state index contributed by atoms with van der Waals surface area (Å²) in [6.07, 6.45) is 0. The molecule has 1 aromatic heterocycles. The Morgan fingerprint density at radius 3 is 2.44 bits per heavy atom.